The molecule has 1 aliphatic carbocycles. The predicted molar refractivity (Wildman–Crippen MR) is 74.8 cm³/mol. The zero-order valence-corrected chi connectivity index (χ0v) is 11.4. The number of benzene rings is 1. The third kappa shape index (κ3) is 3.35. The molecule has 1 nitrogen and oxygen atoms in total. The van der Waals surface area contributed by atoms with E-state index in [1.165, 1.54) is 31.2 Å². The fourth-order valence-corrected chi connectivity index (χ4v) is 3.77. The molecule has 0 unspecified atom stereocenters. The first-order valence-electron chi connectivity index (χ1n) is 6.43. The Balaban J connectivity index is 1.96. The minimum Gasteiger partial charge on any atom is -0.293 e. The zero-order chi connectivity index (χ0) is 12.3. The second-order valence-corrected chi connectivity index (χ2v) is 6.56. The van der Waals surface area contributed by atoms with Gasteiger partial charge in [-0.2, -0.15) is 0 Å². The number of carbonyl (C=O) groups is 1. The van der Waals surface area contributed by atoms with Gasteiger partial charge in [-0.15, -0.1) is 11.8 Å². The molecule has 92 valence electrons. The summed E-state index contributed by atoms with van der Waals surface area (Å²) in [6, 6.07) is 7.92. The van der Waals surface area contributed by atoms with Crippen molar-refractivity contribution in [3.8, 4) is 0 Å². The Hall–Kier alpha value is -0.760. The number of hydrogen-bond donors (Lipinski definition) is 0. The zero-order valence-electron chi connectivity index (χ0n) is 10.6. The molecule has 0 N–H and O–H groups in total. The predicted octanol–water partition coefficient (Wildman–Crippen LogP) is 4.24. The highest BCUT2D eigenvalue weighted by molar-refractivity contribution is 8.01. The number of hydrogen-bond acceptors (Lipinski definition) is 2. The molecule has 17 heavy (non-hydrogen) atoms. The summed E-state index contributed by atoms with van der Waals surface area (Å²) in [5, 5.41) is 0.806. The van der Waals surface area contributed by atoms with E-state index in [0.717, 1.165) is 5.56 Å². The average molecular weight is 248 g/mol. The SMILES string of the molecule is Cc1ccc(C(=O)[C@@H](C)SC2CCCC2)cc1. The molecule has 0 aliphatic heterocycles. The van der Waals surface area contributed by atoms with Crippen molar-refractivity contribution in [1.29, 1.82) is 0 Å². The van der Waals surface area contributed by atoms with Crippen molar-refractivity contribution in [3.63, 3.8) is 0 Å². The van der Waals surface area contributed by atoms with E-state index in [0.29, 0.717) is 5.25 Å². The lowest BCUT2D eigenvalue weighted by Gasteiger charge is -2.15. The van der Waals surface area contributed by atoms with Crippen LogP contribution in [0.25, 0.3) is 0 Å². The normalized spacial score (nSPS) is 18.2. The summed E-state index contributed by atoms with van der Waals surface area (Å²) in [5.74, 6) is 0.280. The first-order chi connectivity index (χ1) is 8.16. The maximum Gasteiger partial charge on any atom is 0.175 e. The highest BCUT2D eigenvalue weighted by atomic mass is 32.2. The molecule has 0 heterocycles. The van der Waals surface area contributed by atoms with Crippen LogP contribution in [0.5, 0.6) is 0 Å². The number of thioether (sulfide) groups is 1. The third-order valence-electron chi connectivity index (χ3n) is 3.40. The highest BCUT2D eigenvalue weighted by Gasteiger charge is 2.22. The number of ketones is 1. The average Bonchev–Trinajstić information content (AvgIpc) is 2.82. The molecule has 0 amide bonds. The van der Waals surface area contributed by atoms with Gasteiger partial charge in [-0.1, -0.05) is 42.7 Å². The largest absolute Gasteiger partial charge is 0.293 e. The van der Waals surface area contributed by atoms with E-state index < -0.39 is 0 Å². The standard InChI is InChI=1S/C15H20OS/c1-11-7-9-13(10-8-11)15(16)12(2)17-14-5-3-4-6-14/h7-10,12,14H,3-6H2,1-2H3/t12-/m1/s1. The van der Waals surface area contributed by atoms with E-state index in [9.17, 15) is 4.79 Å². The van der Waals surface area contributed by atoms with Crippen LogP contribution >= 0.6 is 11.8 Å². The third-order valence-corrected chi connectivity index (χ3v) is 4.88. The Morgan fingerprint density at radius 3 is 2.41 bits per heavy atom. The van der Waals surface area contributed by atoms with Crippen LogP contribution < -0.4 is 0 Å². The molecule has 0 aromatic heterocycles. The summed E-state index contributed by atoms with van der Waals surface area (Å²) in [5.41, 5.74) is 2.06. The molecule has 1 aromatic rings. The molecule has 1 aromatic carbocycles. The lowest BCUT2D eigenvalue weighted by atomic mass is 10.1. The molecular weight excluding hydrogens is 228 g/mol. The van der Waals surface area contributed by atoms with Gasteiger partial charge in [0.15, 0.2) is 5.78 Å². The van der Waals surface area contributed by atoms with Crippen molar-refractivity contribution in [2.75, 3.05) is 0 Å². The smallest absolute Gasteiger partial charge is 0.175 e. The second kappa shape index (κ2) is 5.72. The lowest BCUT2D eigenvalue weighted by molar-refractivity contribution is 0.0994. The van der Waals surface area contributed by atoms with Gasteiger partial charge in [-0.3, -0.25) is 4.79 Å². The van der Waals surface area contributed by atoms with E-state index >= 15 is 0 Å². The number of carbonyl (C=O) groups excluding carboxylic acids is 1. The number of Topliss-reactive ketones (excluding diaryl/α,β-unsaturated/α-hetero) is 1. The maximum atomic E-state index is 12.2. The van der Waals surface area contributed by atoms with Gasteiger partial charge in [-0.25, -0.2) is 0 Å². The minimum absolute atomic E-state index is 0.0980. The van der Waals surface area contributed by atoms with Crippen molar-refractivity contribution in [2.24, 2.45) is 0 Å². The van der Waals surface area contributed by atoms with Gasteiger partial charge in [0.05, 0.1) is 5.25 Å². The Morgan fingerprint density at radius 2 is 1.82 bits per heavy atom. The van der Waals surface area contributed by atoms with Crippen LogP contribution in [0.1, 0.15) is 48.5 Å². The molecule has 0 radical (unpaired) electrons. The van der Waals surface area contributed by atoms with E-state index in [1.54, 1.807) is 0 Å². The Morgan fingerprint density at radius 1 is 1.24 bits per heavy atom. The molecule has 0 spiro atoms. The summed E-state index contributed by atoms with van der Waals surface area (Å²) in [4.78, 5) is 12.2. The van der Waals surface area contributed by atoms with Crippen molar-refractivity contribution >= 4 is 17.5 Å². The molecule has 1 atom stereocenters. The summed E-state index contributed by atoms with van der Waals surface area (Å²) >= 11 is 1.86. The quantitative estimate of drug-likeness (QED) is 0.741. The number of rotatable bonds is 4. The molecular formula is C15H20OS. The van der Waals surface area contributed by atoms with Crippen LogP contribution in [0.2, 0.25) is 0 Å². The summed E-state index contributed by atoms with van der Waals surface area (Å²) in [6.45, 7) is 4.09. The Kier molecular flexibility index (Phi) is 4.27. The fraction of sp³-hybridized carbons (Fsp3) is 0.533. The topological polar surface area (TPSA) is 17.1 Å². The van der Waals surface area contributed by atoms with Crippen LogP contribution in [-0.4, -0.2) is 16.3 Å². The molecule has 0 bridgehead atoms. The Labute approximate surface area is 108 Å². The van der Waals surface area contributed by atoms with Gasteiger partial charge in [0.2, 0.25) is 0 Å². The molecule has 0 saturated heterocycles. The van der Waals surface area contributed by atoms with Crippen LogP contribution in [0.15, 0.2) is 24.3 Å². The van der Waals surface area contributed by atoms with Crippen LogP contribution in [0.4, 0.5) is 0 Å². The first kappa shape index (κ1) is 12.7. The lowest BCUT2D eigenvalue weighted by Crippen LogP contribution is -2.16. The van der Waals surface area contributed by atoms with Crippen molar-refractivity contribution < 1.29 is 4.79 Å². The monoisotopic (exact) mass is 248 g/mol. The van der Waals surface area contributed by atoms with Crippen molar-refractivity contribution in [1.82, 2.24) is 0 Å². The van der Waals surface area contributed by atoms with Gasteiger partial charge in [-0.05, 0) is 26.7 Å². The Bertz CT molecular complexity index is 376. The van der Waals surface area contributed by atoms with Gasteiger partial charge >= 0.3 is 0 Å². The maximum absolute atomic E-state index is 12.2. The summed E-state index contributed by atoms with van der Waals surface area (Å²) < 4.78 is 0. The minimum atomic E-state index is 0.0980. The first-order valence-corrected chi connectivity index (χ1v) is 7.37. The molecule has 2 rings (SSSR count). The second-order valence-electron chi connectivity index (χ2n) is 4.92. The van der Waals surface area contributed by atoms with Crippen molar-refractivity contribution in [3.05, 3.63) is 35.4 Å². The summed E-state index contributed by atoms with van der Waals surface area (Å²) in [6.07, 6.45) is 5.25. The molecule has 1 fully saturated rings. The highest BCUT2D eigenvalue weighted by Crippen LogP contribution is 2.33. The molecule has 1 aliphatic rings. The van der Waals surface area contributed by atoms with Crippen LogP contribution in [0, 0.1) is 6.92 Å². The van der Waals surface area contributed by atoms with E-state index in [2.05, 4.69) is 0 Å². The van der Waals surface area contributed by atoms with Crippen LogP contribution in [-0.2, 0) is 0 Å². The van der Waals surface area contributed by atoms with Crippen LogP contribution in [0.3, 0.4) is 0 Å². The van der Waals surface area contributed by atoms with E-state index in [4.69, 9.17) is 0 Å². The van der Waals surface area contributed by atoms with E-state index in [1.807, 2.05) is 49.9 Å². The molecule has 1 saturated carbocycles. The van der Waals surface area contributed by atoms with E-state index in [-0.39, 0.29) is 11.0 Å². The summed E-state index contributed by atoms with van der Waals surface area (Å²) in [7, 11) is 0. The number of aryl methyl sites for hydroxylation is 1. The van der Waals surface area contributed by atoms with Crippen molar-refractivity contribution in [2.45, 2.75) is 50.0 Å². The fourth-order valence-electron chi connectivity index (χ4n) is 2.33. The van der Waals surface area contributed by atoms with Gasteiger partial charge in [0.25, 0.3) is 0 Å². The van der Waals surface area contributed by atoms with Gasteiger partial charge < -0.3 is 0 Å². The van der Waals surface area contributed by atoms with Gasteiger partial charge in [0, 0.05) is 10.8 Å². The van der Waals surface area contributed by atoms with Gasteiger partial charge in [0.1, 0.15) is 0 Å². The molecule has 2 heteroatoms.